The maximum Gasteiger partial charge on any atom is 1.00 e. The Morgan fingerprint density at radius 3 is 2.38 bits per heavy atom. The van der Waals surface area contributed by atoms with Crippen molar-refractivity contribution in [1.29, 1.82) is 0 Å². The van der Waals surface area contributed by atoms with Crippen LogP contribution in [0.25, 0.3) is 0 Å². The summed E-state index contributed by atoms with van der Waals surface area (Å²) in [7, 11) is 4.00. The van der Waals surface area contributed by atoms with Gasteiger partial charge in [0, 0.05) is 10.9 Å². The minimum Gasteiger partial charge on any atom is -0.511 e. The SMILES string of the molecule is CN(C)CCOCCOC(=S)[S-].[K+]. The van der Waals surface area contributed by atoms with E-state index in [-0.39, 0.29) is 55.8 Å². The Kier molecular flexibility index (Phi) is 15.4. The standard InChI is InChI=1S/C7H15NO2S2.K/c1-8(2)3-4-9-5-6-10-7(11)12;/h3-6H2,1-2H3,(H,11,12);/q;+1/p-1. The van der Waals surface area contributed by atoms with E-state index < -0.39 is 0 Å². The molecule has 3 nitrogen and oxygen atoms in total. The molecule has 0 unspecified atom stereocenters. The quantitative estimate of drug-likeness (QED) is 0.222. The van der Waals surface area contributed by atoms with E-state index in [9.17, 15) is 0 Å². The Balaban J connectivity index is 0. The molecule has 0 aromatic rings. The molecule has 0 radical (unpaired) electrons. The van der Waals surface area contributed by atoms with Crippen LogP contribution >= 0.6 is 12.2 Å². The average Bonchev–Trinajstić information content (AvgIpc) is 1.95. The van der Waals surface area contributed by atoms with Gasteiger partial charge in [0.05, 0.1) is 13.2 Å². The van der Waals surface area contributed by atoms with Crippen molar-refractivity contribution in [2.24, 2.45) is 0 Å². The van der Waals surface area contributed by atoms with Crippen molar-refractivity contribution in [3.63, 3.8) is 0 Å². The molecular formula is C7H14KNO2S2. The van der Waals surface area contributed by atoms with Gasteiger partial charge < -0.3 is 39.2 Å². The zero-order chi connectivity index (χ0) is 9.40. The van der Waals surface area contributed by atoms with Gasteiger partial charge in [-0.1, -0.05) is 0 Å². The molecule has 0 aliphatic rings. The van der Waals surface area contributed by atoms with Crippen LogP contribution in [0, 0.1) is 0 Å². The van der Waals surface area contributed by atoms with Gasteiger partial charge in [-0.05, 0) is 14.1 Å². The monoisotopic (exact) mass is 247 g/mol. The first-order valence-corrected chi connectivity index (χ1v) is 4.51. The maximum atomic E-state index is 5.22. The molecule has 0 spiro atoms. The molecule has 0 rings (SSSR count). The molecule has 0 saturated carbocycles. The van der Waals surface area contributed by atoms with Crippen molar-refractivity contribution >= 4 is 29.2 Å². The van der Waals surface area contributed by atoms with Crippen LogP contribution in [-0.2, 0) is 22.1 Å². The normalized spacial score (nSPS) is 9.46. The predicted molar refractivity (Wildman–Crippen MR) is 55.3 cm³/mol. The number of hydrogen-bond acceptors (Lipinski definition) is 5. The van der Waals surface area contributed by atoms with E-state index in [0.717, 1.165) is 6.54 Å². The fourth-order valence-corrected chi connectivity index (χ4v) is 0.700. The topological polar surface area (TPSA) is 21.7 Å². The molecule has 0 amide bonds. The maximum absolute atomic E-state index is 5.22. The summed E-state index contributed by atoms with van der Waals surface area (Å²) in [6.45, 7) is 2.62. The van der Waals surface area contributed by atoms with Gasteiger partial charge in [0.1, 0.15) is 6.61 Å². The first-order valence-electron chi connectivity index (χ1n) is 3.69. The van der Waals surface area contributed by atoms with Crippen LogP contribution in [0.15, 0.2) is 0 Å². The second-order valence-electron chi connectivity index (χ2n) is 2.51. The van der Waals surface area contributed by atoms with Crippen LogP contribution in [0.3, 0.4) is 0 Å². The molecule has 0 saturated heterocycles. The van der Waals surface area contributed by atoms with E-state index in [0.29, 0.717) is 19.8 Å². The van der Waals surface area contributed by atoms with E-state index in [1.807, 2.05) is 14.1 Å². The molecule has 13 heavy (non-hydrogen) atoms. The average molecular weight is 247 g/mol. The van der Waals surface area contributed by atoms with E-state index >= 15 is 0 Å². The molecule has 0 aliphatic heterocycles. The third kappa shape index (κ3) is 16.3. The van der Waals surface area contributed by atoms with Crippen molar-refractivity contribution in [1.82, 2.24) is 4.90 Å². The first-order chi connectivity index (χ1) is 5.63. The van der Waals surface area contributed by atoms with Gasteiger partial charge >= 0.3 is 51.4 Å². The van der Waals surface area contributed by atoms with Gasteiger partial charge in [-0.15, -0.1) is 0 Å². The number of thiocarbonyl (C=S) groups is 1. The zero-order valence-corrected chi connectivity index (χ0v) is 13.2. The van der Waals surface area contributed by atoms with Crippen LogP contribution in [0.2, 0.25) is 0 Å². The van der Waals surface area contributed by atoms with E-state index in [1.165, 1.54) is 0 Å². The molecule has 0 heterocycles. The van der Waals surface area contributed by atoms with Gasteiger partial charge in [0.25, 0.3) is 0 Å². The molecule has 0 N–H and O–H groups in total. The second-order valence-corrected chi connectivity index (χ2v) is 3.51. The van der Waals surface area contributed by atoms with Gasteiger partial charge in [-0.25, -0.2) is 0 Å². The Morgan fingerprint density at radius 2 is 1.92 bits per heavy atom. The van der Waals surface area contributed by atoms with Crippen molar-refractivity contribution in [2.45, 2.75) is 0 Å². The minimum absolute atomic E-state index is 0. The number of nitrogens with zero attached hydrogens (tertiary/aromatic N) is 1. The molecule has 0 aromatic heterocycles. The van der Waals surface area contributed by atoms with Crippen molar-refractivity contribution in [2.75, 3.05) is 40.5 Å². The van der Waals surface area contributed by atoms with E-state index in [4.69, 9.17) is 9.47 Å². The van der Waals surface area contributed by atoms with Crippen molar-refractivity contribution in [3.8, 4) is 0 Å². The molecule has 72 valence electrons. The first kappa shape index (κ1) is 17.1. The third-order valence-electron chi connectivity index (χ3n) is 1.13. The van der Waals surface area contributed by atoms with Gasteiger partial charge in [0.15, 0.2) is 0 Å². The second kappa shape index (κ2) is 11.7. The van der Waals surface area contributed by atoms with Crippen LogP contribution in [0.4, 0.5) is 0 Å². The molecule has 0 atom stereocenters. The summed E-state index contributed by atoms with van der Waals surface area (Å²) < 4.78 is 10.2. The van der Waals surface area contributed by atoms with Crippen LogP contribution in [0.5, 0.6) is 0 Å². The van der Waals surface area contributed by atoms with Gasteiger partial charge in [-0.3, -0.25) is 0 Å². The van der Waals surface area contributed by atoms with Crippen LogP contribution in [-0.4, -0.2) is 49.7 Å². The summed E-state index contributed by atoms with van der Waals surface area (Å²) in [4.78, 5) is 2.05. The summed E-state index contributed by atoms with van der Waals surface area (Å²) in [6.07, 6.45) is 0. The number of rotatable bonds is 6. The summed E-state index contributed by atoms with van der Waals surface area (Å²) in [5.74, 6) is 0. The Morgan fingerprint density at radius 1 is 1.31 bits per heavy atom. The summed E-state index contributed by atoms with van der Waals surface area (Å²) in [5.41, 5.74) is 0. The van der Waals surface area contributed by atoms with Gasteiger partial charge in [0.2, 0.25) is 0 Å². The predicted octanol–water partition coefficient (Wildman–Crippen LogP) is -2.58. The van der Waals surface area contributed by atoms with Crippen molar-refractivity contribution in [3.05, 3.63) is 0 Å². The van der Waals surface area contributed by atoms with E-state index in [1.54, 1.807) is 0 Å². The molecule has 6 heteroatoms. The summed E-state index contributed by atoms with van der Waals surface area (Å²) in [5, 5.41) is 0. The van der Waals surface area contributed by atoms with Gasteiger partial charge in [-0.2, -0.15) is 0 Å². The zero-order valence-electron chi connectivity index (χ0n) is 8.41. The Hall–Kier alpha value is 1.67. The Labute approximate surface area is 133 Å². The fourth-order valence-electron chi connectivity index (χ4n) is 0.533. The third-order valence-corrected chi connectivity index (χ3v) is 1.37. The fraction of sp³-hybridized carbons (Fsp3) is 0.857. The molecule has 0 aliphatic carbocycles. The van der Waals surface area contributed by atoms with E-state index in [2.05, 4.69) is 29.7 Å². The Bertz CT molecular complexity index is 136. The summed E-state index contributed by atoms with van der Waals surface area (Å²) in [6, 6.07) is 0. The largest absolute Gasteiger partial charge is 1.00 e. The molecule has 0 bridgehead atoms. The van der Waals surface area contributed by atoms with Crippen LogP contribution in [0.1, 0.15) is 0 Å². The summed E-state index contributed by atoms with van der Waals surface area (Å²) >= 11 is 9.09. The molecule has 0 fully saturated rings. The number of ether oxygens (including phenoxy) is 2. The number of hydrogen-bond donors (Lipinski definition) is 0. The molecular weight excluding hydrogens is 233 g/mol. The minimum atomic E-state index is 0. The smallest absolute Gasteiger partial charge is 0.511 e. The number of likely N-dealkylation sites (N-methyl/N-ethyl adjacent to an activating group) is 1. The molecule has 0 aromatic carbocycles. The van der Waals surface area contributed by atoms with Crippen LogP contribution < -0.4 is 51.4 Å². The van der Waals surface area contributed by atoms with Crippen molar-refractivity contribution < 1.29 is 60.9 Å².